The molecular formula is C26H22ClN3O4S. The molecule has 35 heavy (non-hydrogen) atoms. The van der Waals surface area contributed by atoms with Crippen LogP contribution < -0.4 is 9.47 Å². The van der Waals surface area contributed by atoms with E-state index in [1.807, 2.05) is 31.2 Å². The van der Waals surface area contributed by atoms with Gasteiger partial charge in [-0.1, -0.05) is 53.6 Å². The van der Waals surface area contributed by atoms with Crippen molar-refractivity contribution in [3.63, 3.8) is 0 Å². The molecule has 0 aliphatic heterocycles. The molecule has 0 spiro atoms. The topological polar surface area (TPSA) is 97.3 Å². The minimum absolute atomic E-state index is 0.0712. The number of aryl methyl sites for hydroxylation is 1. The maximum absolute atomic E-state index is 11.9. The number of ether oxygens (including phenoxy) is 2. The fourth-order valence-corrected chi connectivity index (χ4v) is 4.05. The number of carbonyl (C=O) groups is 1. The first-order valence-corrected chi connectivity index (χ1v) is 11.8. The third-order valence-corrected chi connectivity index (χ3v) is 6.11. The zero-order chi connectivity index (χ0) is 24.8. The standard InChI is InChI=1S/C26H22ClN3O4S/c1-16-3-5-18(6-4-16)15-34-20-10-7-17(8-11-20)13-23(25(31)32)35-26-28-24(29-30-26)21-14-19(27)9-12-22(21)33-2/h3-14H,15H2,1-2H3,(H,31,32)(H,28,29,30)/b23-13-. The molecule has 2 N–H and O–H groups in total. The molecule has 0 fully saturated rings. The fraction of sp³-hybridized carbons (Fsp3) is 0.115. The smallest absolute Gasteiger partial charge is 0.342 e. The van der Waals surface area contributed by atoms with E-state index in [-0.39, 0.29) is 10.1 Å². The van der Waals surface area contributed by atoms with Gasteiger partial charge in [-0.3, -0.25) is 5.10 Å². The Morgan fingerprint density at radius 3 is 2.54 bits per heavy atom. The first-order chi connectivity index (χ1) is 16.9. The largest absolute Gasteiger partial charge is 0.496 e. The molecule has 1 aromatic heterocycles. The summed E-state index contributed by atoms with van der Waals surface area (Å²) in [4.78, 5) is 16.3. The number of thioether (sulfide) groups is 1. The molecular weight excluding hydrogens is 486 g/mol. The van der Waals surface area contributed by atoms with Crippen LogP contribution in [-0.4, -0.2) is 33.4 Å². The number of aliphatic carboxylic acids is 1. The molecule has 0 amide bonds. The molecule has 0 radical (unpaired) electrons. The molecule has 1 heterocycles. The van der Waals surface area contributed by atoms with Crippen molar-refractivity contribution in [1.82, 2.24) is 15.2 Å². The maximum atomic E-state index is 11.9. The van der Waals surface area contributed by atoms with Crippen molar-refractivity contribution < 1.29 is 19.4 Å². The monoisotopic (exact) mass is 507 g/mol. The van der Waals surface area contributed by atoms with Gasteiger partial charge in [0.1, 0.15) is 23.0 Å². The van der Waals surface area contributed by atoms with E-state index in [1.54, 1.807) is 55.7 Å². The minimum Gasteiger partial charge on any atom is -0.496 e. The number of methoxy groups -OCH3 is 1. The van der Waals surface area contributed by atoms with E-state index < -0.39 is 5.97 Å². The number of hydrogen-bond acceptors (Lipinski definition) is 6. The Morgan fingerprint density at radius 2 is 1.86 bits per heavy atom. The van der Waals surface area contributed by atoms with Gasteiger partial charge in [0.25, 0.3) is 0 Å². The first-order valence-electron chi connectivity index (χ1n) is 10.6. The summed E-state index contributed by atoms with van der Waals surface area (Å²) in [7, 11) is 1.54. The third kappa shape index (κ3) is 6.44. The number of H-pyrrole nitrogens is 1. The van der Waals surface area contributed by atoms with Gasteiger partial charge in [-0.05, 0) is 66.2 Å². The first kappa shape index (κ1) is 24.4. The van der Waals surface area contributed by atoms with Gasteiger partial charge in [0.15, 0.2) is 5.82 Å². The van der Waals surface area contributed by atoms with E-state index in [1.165, 1.54) is 5.56 Å². The van der Waals surface area contributed by atoms with E-state index in [2.05, 4.69) is 15.2 Å². The number of benzene rings is 3. The van der Waals surface area contributed by atoms with E-state index >= 15 is 0 Å². The SMILES string of the molecule is COc1ccc(Cl)cc1-c1nc(S/C(=C\c2ccc(OCc3ccc(C)cc3)cc2)C(=O)O)n[nH]1. The highest BCUT2D eigenvalue weighted by atomic mass is 35.5. The van der Waals surface area contributed by atoms with Crippen LogP contribution in [0.3, 0.4) is 0 Å². The van der Waals surface area contributed by atoms with Gasteiger partial charge in [-0.25, -0.2) is 9.78 Å². The summed E-state index contributed by atoms with van der Waals surface area (Å²) in [6.45, 7) is 2.49. The summed E-state index contributed by atoms with van der Waals surface area (Å²) >= 11 is 7.04. The van der Waals surface area contributed by atoms with Crippen LogP contribution in [0, 0.1) is 6.92 Å². The second kappa shape index (κ2) is 11.1. The molecule has 0 aliphatic carbocycles. The van der Waals surface area contributed by atoms with Crippen LogP contribution in [-0.2, 0) is 11.4 Å². The number of carboxylic acids is 1. The number of nitrogens with zero attached hydrogens (tertiary/aromatic N) is 2. The fourth-order valence-electron chi connectivity index (χ4n) is 3.17. The number of aromatic amines is 1. The van der Waals surface area contributed by atoms with Crippen molar-refractivity contribution in [2.75, 3.05) is 7.11 Å². The quantitative estimate of drug-likeness (QED) is 0.204. The summed E-state index contributed by atoms with van der Waals surface area (Å²) in [6.07, 6.45) is 1.56. The van der Waals surface area contributed by atoms with Gasteiger partial charge in [0.05, 0.1) is 12.7 Å². The Labute approximate surface area is 211 Å². The van der Waals surface area contributed by atoms with Gasteiger partial charge in [0.2, 0.25) is 5.16 Å². The Balaban J connectivity index is 1.46. The maximum Gasteiger partial charge on any atom is 0.342 e. The van der Waals surface area contributed by atoms with Gasteiger partial charge in [0, 0.05) is 5.02 Å². The van der Waals surface area contributed by atoms with Crippen LogP contribution in [0.25, 0.3) is 17.5 Å². The molecule has 4 aromatic rings. The predicted octanol–water partition coefficient (Wildman–Crippen LogP) is 6.24. The van der Waals surface area contributed by atoms with Gasteiger partial charge in [-0.2, -0.15) is 0 Å². The minimum atomic E-state index is -1.08. The van der Waals surface area contributed by atoms with Crippen molar-refractivity contribution >= 4 is 35.4 Å². The van der Waals surface area contributed by atoms with Crippen molar-refractivity contribution in [2.24, 2.45) is 0 Å². The van der Waals surface area contributed by atoms with Gasteiger partial charge >= 0.3 is 5.97 Å². The van der Waals surface area contributed by atoms with Gasteiger partial charge < -0.3 is 14.6 Å². The summed E-state index contributed by atoms with van der Waals surface area (Å²) < 4.78 is 11.2. The highest BCUT2D eigenvalue weighted by Crippen LogP contribution is 2.33. The summed E-state index contributed by atoms with van der Waals surface area (Å²) in [5.74, 6) is 0.607. The molecule has 0 bridgehead atoms. The summed E-state index contributed by atoms with van der Waals surface area (Å²) in [5.41, 5.74) is 3.61. The lowest BCUT2D eigenvalue weighted by Crippen LogP contribution is -1.97. The second-order valence-electron chi connectivity index (χ2n) is 7.57. The molecule has 7 nitrogen and oxygen atoms in total. The summed E-state index contributed by atoms with van der Waals surface area (Å²) in [5, 5.41) is 17.4. The molecule has 4 rings (SSSR count). The lowest BCUT2D eigenvalue weighted by molar-refractivity contribution is -0.131. The van der Waals surface area contributed by atoms with E-state index in [9.17, 15) is 9.90 Å². The third-order valence-electron chi connectivity index (χ3n) is 5.00. The highest BCUT2D eigenvalue weighted by Gasteiger charge is 2.16. The molecule has 3 aromatic carbocycles. The van der Waals surface area contributed by atoms with E-state index in [0.717, 1.165) is 17.3 Å². The Bertz CT molecular complexity index is 1350. The van der Waals surface area contributed by atoms with Crippen LogP contribution in [0.1, 0.15) is 16.7 Å². The van der Waals surface area contributed by atoms with Crippen LogP contribution in [0.2, 0.25) is 5.02 Å². The molecule has 0 atom stereocenters. The zero-order valence-corrected chi connectivity index (χ0v) is 20.6. The number of carboxylic acid groups (broad SMARTS) is 1. The molecule has 0 unspecified atom stereocenters. The average Bonchev–Trinajstić information content (AvgIpc) is 3.32. The van der Waals surface area contributed by atoms with Crippen LogP contribution in [0.5, 0.6) is 11.5 Å². The number of nitrogens with one attached hydrogen (secondary N) is 1. The number of halogens is 1. The number of hydrogen-bond donors (Lipinski definition) is 2. The van der Waals surface area contributed by atoms with Crippen LogP contribution in [0.15, 0.2) is 76.8 Å². The van der Waals surface area contributed by atoms with Crippen molar-refractivity contribution in [1.29, 1.82) is 0 Å². The second-order valence-corrected chi connectivity index (χ2v) is 9.02. The predicted molar refractivity (Wildman–Crippen MR) is 137 cm³/mol. The molecule has 0 saturated carbocycles. The lowest BCUT2D eigenvalue weighted by atomic mass is 10.1. The van der Waals surface area contributed by atoms with Crippen LogP contribution in [0.4, 0.5) is 0 Å². The number of rotatable bonds is 9. The van der Waals surface area contributed by atoms with E-state index in [0.29, 0.717) is 40.1 Å². The van der Waals surface area contributed by atoms with E-state index in [4.69, 9.17) is 21.1 Å². The van der Waals surface area contributed by atoms with Crippen molar-refractivity contribution in [3.05, 3.63) is 93.3 Å². The van der Waals surface area contributed by atoms with Crippen LogP contribution >= 0.6 is 23.4 Å². The van der Waals surface area contributed by atoms with Crippen molar-refractivity contribution in [3.8, 4) is 22.9 Å². The van der Waals surface area contributed by atoms with Crippen molar-refractivity contribution in [2.45, 2.75) is 18.7 Å². The molecule has 0 aliphatic rings. The Kier molecular flexibility index (Phi) is 7.74. The molecule has 178 valence electrons. The molecule has 9 heteroatoms. The normalized spacial score (nSPS) is 11.3. The average molecular weight is 508 g/mol. The Morgan fingerprint density at radius 1 is 1.11 bits per heavy atom. The summed E-state index contributed by atoms with van der Waals surface area (Å²) in [6, 6.07) is 20.5. The zero-order valence-electron chi connectivity index (χ0n) is 19.0. The Hall–Kier alpha value is -3.75. The number of aromatic nitrogens is 3. The molecule has 0 saturated heterocycles. The highest BCUT2D eigenvalue weighted by molar-refractivity contribution is 8.04. The van der Waals surface area contributed by atoms with Gasteiger partial charge in [-0.15, -0.1) is 5.10 Å². The lowest BCUT2D eigenvalue weighted by Gasteiger charge is -2.07.